The Morgan fingerprint density at radius 2 is 1.73 bits per heavy atom. The zero-order valence-corrected chi connectivity index (χ0v) is 15.5. The Hall–Kier alpha value is -2.89. The lowest BCUT2D eigenvalue weighted by Crippen LogP contribution is -2.27. The van der Waals surface area contributed by atoms with E-state index in [1.54, 1.807) is 21.3 Å². The van der Waals surface area contributed by atoms with Crippen LogP contribution in [0.3, 0.4) is 0 Å². The van der Waals surface area contributed by atoms with E-state index in [-0.39, 0.29) is 5.91 Å². The maximum atomic E-state index is 11.9. The molecule has 140 valence electrons. The number of methoxy groups -OCH3 is 3. The van der Waals surface area contributed by atoms with E-state index in [2.05, 4.69) is 10.6 Å². The van der Waals surface area contributed by atoms with Crippen LogP contribution in [0.25, 0.3) is 0 Å². The summed E-state index contributed by atoms with van der Waals surface area (Å²) in [5.74, 6) is 2.17. The highest BCUT2D eigenvalue weighted by Crippen LogP contribution is 2.29. The van der Waals surface area contributed by atoms with E-state index in [0.717, 1.165) is 23.4 Å². The van der Waals surface area contributed by atoms with Gasteiger partial charge >= 0.3 is 0 Å². The molecule has 2 aromatic carbocycles. The number of amides is 1. The number of hydrogen-bond donors (Lipinski definition) is 2. The molecule has 0 aliphatic rings. The van der Waals surface area contributed by atoms with Crippen LogP contribution in [-0.2, 0) is 11.2 Å². The van der Waals surface area contributed by atoms with Crippen LogP contribution in [0.5, 0.6) is 17.2 Å². The van der Waals surface area contributed by atoms with Crippen molar-refractivity contribution >= 4 is 11.6 Å². The Bertz CT molecular complexity index is 719. The number of nitrogens with one attached hydrogen (secondary N) is 2. The zero-order valence-electron chi connectivity index (χ0n) is 15.5. The minimum absolute atomic E-state index is 0.0147. The van der Waals surface area contributed by atoms with Crippen LogP contribution in [0, 0.1) is 0 Å². The molecule has 2 aromatic rings. The molecule has 6 nitrogen and oxygen atoms in total. The quantitative estimate of drug-likeness (QED) is 0.683. The normalized spacial score (nSPS) is 10.1. The summed E-state index contributed by atoms with van der Waals surface area (Å²) in [7, 11) is 4.84. The van der Waals surface area contributed by atoms with Crippen molar-refractivity contribution in [1.82, 2.24) is 5.32 Å². The smallest absolute Gasteiger partial charge is 0.221 e. The summed E-state index contributed by atoms with van der Waals surface area (Å²) in [5.41, 5.74) is 2.01. The van der Waals surface area contributed by atoms with Gasteiger partial charge in [-0.25, -0.2) is 0 Å². The van der Waals surface area contributed by atoms with Crippen molar-refractivity contribution in [2.45, 2.75) is 12.8 Å². The molecule has 0 aromatic heterocycles. The van der Waals surface area contributed by atoms with E-state index in [9.17, 15) is 4.79 Å². The molecule has 0 unspecified atom stereocenters. The van der Waals surface area contributed by atoms with Gasteiger partial charge in [0.2, 0.25) is 5.91 Å². The number of carbonyl (C=O) groups excluding carboxylic acids is 1. The first kappa shape index (κ1) is 19.4. The Kier molecular flexibility index (Phi) is 7.61. The van der Waals surface area contributed by atoms with Crippen molar-refractivity contribution in [2.24, 2.45) is 0 Å². The second kappa shape index (κ2) is 10.2. The fraction of sp³-hybridized carbons (Fsp3) is 0.350. The van der Waals surface area contributed by atoms with Gasteiger partial charge in [-0.15, -0.1) is 0 Å². The molecule has 0 aliphatic carbocycles. The second-order valence-electron chi connectivity index (χ2n) is 5.70. The summed E-state index contributed by atoms with van der Waals surface area (Å²) >= 11 is 0. The van der Waals surface area contributed by atoms with Gasteiger partial charge in [0.05, 0.1) is 21.3 Å². The SMILES string of the molecule is COc1cccc(CCNC(=O)CCNc2ccc(OC)c(OC)c2)c1. The first-order valence-corrected chi connectivity index (χ1v) is 8.51. The van der Waals surface area contributed by atoms with Crippen LogP contribution in [0.2, 0.25) is 0 Å². The van der Waals surface area contributed by atoms with Gasteiger partial charge < -0.3 is 24.8 Å². The fourth-order valence-corrected chi connectivity index (χ4v) is 2.53. The zero-order chi connectivity index (χ0) is 18.8. The summed E-state index contributed by atoms with van der Waals surface area (Å²) < 4.78 is 15.7. The number of anilines is 1. The van der Waals surface area contributed by atoms with Gasteiger partial charge in [-0.2, -0.15) is 0 Å². The third-order valence-electron chi connectivity index (χ3n) is 3.93. The molecule has 1 amide bonds. The standard InChI is InChI=1S/C20H26N2O4/c1-24-17-6-4-5-15(13-17)9-11-22-20(23)10-12-21-16-7-8-18(25-2)19(14-16)26-3/h4-8,13-14,21H,9-12H2,1-3H3,(H,22,23). The van der Waals surface area contributed by atoms with Gasteiger partial charge in [0.25, 0.3) is 0 Å². The van der Waals surface area contributed by atoms with Gasteiger partial charge in [0.15, 0.2) is 11.5 Å². The maximum absolute atomic E-state index is 11.9. The number of hydrogen-bond acceptors (Lipinski definition) is 5. The second-order valence-corrected chi connectivity index (χ2v) is 5.70. The first-order chi connectivity index (χ1) is 12.7. The molecule has 0 saturated heterocycles. The minimum Gasteiger partial charge on any atom is -0.497 e. The molecular weight excluding hydrogens is 332 g/mol. The fourth-order valence-electron chi connectivity index (χ4n) is 2.53. The predicted octanol–water partition coefficient (Wildman–Crippen LogP) is 2.87. The summed E-state index contributed by atoms with van der Waals surface area (Å²) in [6.07, 6.45) is 1.17. The lowest BCUT2D eigenvalue weighted by Gasteiger charge is -2.11. The largest absolute Gasteiger partial charge is 0.497 e. The predicted molar refractivity (Wildman–Crippen MR) is 102 cm³/mol. The monoisotopic (exact) mass is 358 g/mol. The Morgan fingerprint density at radius 1 is 0.923 bits per heavy atom. The van der Waals surface area contributed by atoms with Crippen molar-refractivity contribution in [3.05, 3.63) is 48.0 Å². The molecule has 26 heavy (non-hydrogen) atoms. The van der Waals surface area contributed by atoms with Crippen molar-refractivity contribution < 1.29 is 19.0 Å². The van der Waals surface area contributed by atoms with Gasteiger partial charge in [0.1, 0.15) is 5.75 Å². The number of benzene rings is 2. The molecule has 0 bridgehead atoms. The number of ether oxygens (including phenoxy) is 3. The van der Waals surface area contributed by atoms with Crippen LogP contribution < -0.4 is 24.8 Å². The summed E-state index contributed by atoms with van der Waals surface area (Å²) in [4.78, 5) is 11.9. The average Bonchev–Trinajstić information content (AvgIpc) is 2.68. The molecule has 0 spiro atoms. The van der Waals surface area contributed by atoms with E-state index >= 15 is 0 Å². The van der Waals surface area contributed by atoms with E-state index in [0.29, 0.717) is 31.0 Å². The summed E-state index contributed by atoms with van der Waals surface area (Å²) in [6.45, 7) is 1.14. The molecule has 0 heterocycles. The molecule has 0 fully saturated rings. The van der Waals surface area contributed by atoms with Crippen molar-refractivity contribution in [2.75, 3.05) is 39.7 Å². The average molecular weight is 358 g/mol. The van der Waals surface area contributed by atoms with Gasteiger partial charge in [-0.3, -0.25) is 4.79 Å². The molecular formula is C20H26N2O4. The molecule has 2 N–H and O–H groups in total. The topological polar surface area (TPSA) is 68.8 Å². The molecule has 0 aliphatic heterocycles. The highest BCUT2D eigenvalue weighted by atomic mass is 16.5. The first-order valence-electron chi connectivity index (χ1n) is 8.51. The third-order valence-corrected chi connectivity index (χ3v) is 3.93. The van der Waals surface area contributed by atoms with E-state index in [1.165, 1.54) is 0 Å². The Morgan fingerprint density at radius 3 is 2.46 bits per heavy atom. The Balaban J connectivity index is 1.70. The lowest BCUT2D eigenvalue weighted by molar-refractivity contribution is -0.120. The van der Waals surface area contributed by atoms with E-state index < -0.39 is 0 Å². The van der Waals surface area contributed by atoms with E-state index in [1.807, 2.05) is 42.5 Å². The van der Waals surface area contributed by atoms with Gasteiger partial charge in [0, 0.05) is 31.3 Å². The summed E-state index contributed by atoms with van der Waals surface area (Å²) in [5, 5.41) is 6.14. The molecule has 0 saturated carbocycles. The van der Waals surface area contributed by atoms with Crippen LogP contribution >= 0.6 is 0 Å². The van der Waals surface area contributed by atoms with Crippen LogP contribution in [0.1, 0.15) is 12.0 Å². The molecule has 0 radical (unpaired) electrons. The van der Waals surface area contributed by atoms with Crippen molar-refractivity contribution in [1.29, 1.82) is 0 Å². The van der Waals surface area contributed by atoms with Crippen LogP contribution in [-0.4, -0.2) is 40.3 Å². The number of carbonyl (C=O) groups is 1. The number of rotatable bonds is 10. The highest BCUT2D eigenvalue weighted by molar-refractivity contribution is 5.76. The summed E-state index contributed by atoms with van der Waals surface area (Å²) in [6, 6.07) is 13.4. The minimum atomic E-state index is 0.0147. The molecule has 0 atom stereocenters. The van der Waals surface area contributed by atoms with Crippen molar-refractivity contribution in [3.8, 4) is 17.2 Å². The maximum Gasteiger partial charge on any atom is 0.221 e. The van der Waals surface area contributed by atoms with Gasteiger partial charge in [-0.1, -0.05) is 12.1 Å². The molecule has 2 rings (SSSR count). The van der Waals surface area contributed by atoms with Crippen molar-refractivity contribution in [3.63, 3.8) is 0 Å². The van der Waals surface area contributed by atoms with E-state index in [4.69, 9.17) is 14.2 Å². The van der Waals surface area contributed by atoms with Crippen LogP contribution in [0.15, 0.2) is 42.5 Å². The van der Waals surface area contributed by atoms with Crippen LogP contribution in [0.4, 0.5) is 5.69 Å². The highest BCUT2D eigenvalue weighted by Gasteiger charge is 2.05. The third kappa shape index (κ3) is 5.88. The molecule has 6 heteroatoms. The Labute approximate surface area is 154 Å². The van der Waals surface area contributed by atoms with Gasteiger partial charge in [-0.05, 0) is 36.2 Å². The lowest BCUT2D eigenvalue weighted by atomic mass is 10.1.